The van der Waals surface area contributed by atoms with Crippen molar-refractivity contribution < 1.29 is 27.3 Å². The molecule has 1 aromatic heterocycles. The highest BCUT2D eigenvalue weighted by Gasteiger charge is 2.30. The van der Waals surface area contributed by atoms with Gasteiger partial charge in [-0.25, -0.2) is 9.42 Å². The third kappa shape index (κ3) is 2.76. The molecular weight excluding hydrogens is 301 g/mol. The zero-order valence-electron chi connectivity index (χ0n) is 10.8. The molecule has 0 amide bonds. The van der Waals surface area contributed by atoms with Crippen LogP contribution >= 0.6 is 0 Å². The van der Waals surface area contributed by atoms with Gasteiger partial charge in [0.25, 0.3) is 0 Å². The number of fused-ring (bicyclic) bond motifs is 1. The summed E-state index contributed by atoms with van der Waals surface area (Å²) >= 11 is 0. The minimum Gasteiger partial charge on any atom is -0.423 e. The summed E-state index contributed by atoms with van der Waals surface area (Å²) in [5.41, 5.74) is 0.0312. The van der Waals surface area contributed by atoms with Gasteiger partial charge in [0, 0.05) is 0 Å². The summed E-state index contributed by atoms with van der Waals surface area (Å²) in [6, 6.07) is 8.37. The van der Waals surface area contributed by atoms with Crippen LogP contribution in [0, 0.1) is 0 Å². The first kappa shape index (κ1) is 14.1. The molecule has 0 N–H and O–H groups in total. The van der Waals surface area contributed by atoms with Crippen LogP contribution < -0.4 is 4.74 Å². The molecule has 5 nitrogen and oxygen atoms in total. The van der Waals surface area contributed by atoms with E-state index in [1.807, 2.05) is 0 Å². The number of rotatable bonds is 2. The smallest absolute Gasteiger partial charge is 0.416 e. The number of carbonyl (C=O) groups excluding carboxylic acids is 1. The molecule has 0 bridgehead atoms. The summed E-state index contributed by atoms with van der Waals surface area (Å²) in [5.74, 6) is -0.998. The lowest BCUT2D eigenvalue weighted by Gasteiger charge is -2.09. The van der Waals surface area contributed by atoms with Crippen molar-refractivity contribution in [1.29, 1.82) is 0 Å². The minimum atomic E-state index is -4.51. The molecule has 0 aliphatic heterocycles. The lowest BCUT2D eigenvalue weighted by molar-refractivity contribution is -0.137. The number of halogens is 3. The lowest BCUT2D eigenvalue weighted by atomic mass is 10.2. The fourth-order valence-corrected chi connectivity index (χ4v) is 1.81. The zero-order valence-corrected chi connectivity index (χ0v) is 10.8. The van der Waals surface area contributed by atoms with Crippen molar-refractivity contribution in [3.8, 4) is 5.75 Å². The van der Waals surface area contributed by atoms with E-state index in [0.29, 0.717) is 11.0 Å². The molecule has 8 heteroatoms. The Morgan fingerprint density at radius 1 is 1.05 bits per heavy atom. The first-order valence-corrected chi connectivity index (χ1v) is 6.05. The largest absolute Gasteiger partial charge is 0.423 e. The van der Waals surface area contributed by atoms with Gasteiger partial charge in [0.1, 0.15) is 16.8 Å². The zero-order chi connectivity index (χ0) is 15.7. The summed E-state index contributed by atoms with van der Waals surface area (Å²) in [6.45, 7) is 0. The third-order valence-electron chi connectivity index (χ3n) is 2.86. The molecule has 0 atom stereocenters. The normalized spacial score (nSPS) is 11.6. The maximum atomic E-state index is 12.6. The van der Waals surface area contributed by atoms with E-state index in [-0.39, 0.29) is 11.3 Å². The fourth-order valence-electron chi connectivity index (χ4n) is 1.81. The van der Waals surface area contributed by atoms with Crippen molar-refractivity contribution in [1.82, 2.24) is 10.3 Å². The first-order chi connectivity index (χ1) is 10.4. The van der Waals surface area contributed by atoms with Gasteiger partial charge in [-0.05, 0) is 46.7 Å². The van der Waals surface area contributed by atoms with Gasteiger partial charge in [0.15, 0.2) is 0 Å². The average molecular weight is 308 g/mol. The van der Waals surface area contributed by atoms with Crippen molar-refractivity contribution in [2.24, 2.45) is 0 Å². The fraction of sp³-hybridized carbons (Fsp3) is 0.0714. The van der Waals surface area contributed by atoms with Gasteiger partial charge in [-0.3, -0.25) is 0 Å². The molecule has 0 saturated heterocycles. The Hall–Kier alpha value is -2.90. The SMILES string of the molecule is O=C(Oc1cccc(C(F)(F)F)c1)c1ccc2nonc2c1. The highest BCUT2D eigenvalue weighted by atomic mass is 19.4. The molecular formula is C14H7F3N2O3. The Bertz CT molecular complexity index is 842. The highest BCUT2D eigenvalue weighted by molar-refractivity contribution is 5.94. The van der Waals surface area contributed by atoms with E-state index in [4.69, 9.17) is 4.74 Å². The van der Waals surface area contributed by atoms with E-state index in [1.165, 1.54) is 24.3 Å². The summed E-state index contributed by atoms with van der Waals surface area (Å²) < 4.78 is 47.2. The Labute approximate surface area is 121 Å². The van der Waals surface area contributed by atoms with Crippen LogP contribution in [0.1, 0.15) is 15.9 Å². The van der Waals surface area contributed by atoms with E-state index in [0.717, 1.165) is 18.2 Å². The van der Waals surface area contributed by atoms with Crippen LogP contribution in [0.5, 0.6) is 5.75 Å². The second-order valence-electron chi connectivity index (χ2n) is 4.38. The molecule has 3 rings (SSSR count). The van der Waals surface area contributed by atoms with E-state index in [2.05, 4.69) is 14.9 Å². The molecule has 0 radical (unpaired) electrons. The Balaban J connectivity index is 1.84. The van der Waals surface area contributed by atoms with Crippen molar-refractivity contribution in [2.45, 2.75) is 6.18 Å². The number of carbonyl (C=O) groups is 1. The molecule has 0 spiro atoms. The Morgan fingerprint density at radius 3 is 2.59 bits per heavy atom. The average Bonchev–Trinajstić information content (AvgIpc) is 2.94. The van der Waals surface area contributed by atoms with Crippen molar-refractivity contribution in [2.75, 3.05) is 0 Å². The first-order valence-electron chi connectivity index (χ1n) is 6.05. The summed E-state index contributed by atoms with van der Waals surface area (Å²) in [7, 11) is 0. The van der Waals surface area contributed by atoms with Crippen molar-refractivity contribution in [3.05, 3.63) is 53.6 Å². The van der Waals surface area contributed by atoms with Crippen LogP contribution in [-0.2, 0) is 6.18 Å². The van der Waals surface area contributed by atoms with Crippen LogP contribution in [0.3, 0.4) is 0 Å². The van der Waals surface area contributed by atoms with Crippen molar-refractivity contribution in [3.63, 3.8) is 0 Å². The topological polar surface area (TPSA) is 65.2 Å². The van der Waals surface area contributed by atoms with Crippen LogP contribution in [0.4, 0.5) is 13.2 Å². The summed E-state index contributed by atoms with van der Waals surface area (Å²) in [6.07, 6.45) is -4.51. The second kappa shape index (κ2) is 5.14. The van der Waals surface area contributed by atoms with Crippen LogP contribution in [0.2, 0.25) is 0 Å². The summed E-state index contributed by atoms with van der Waals surface area (Å²) in [4.78, 5) is 12.0. The minimum absolute atomic E-state index is 0.126. The molecule has 22 heavy (non-hydrogen) atoms. The number of alkyl halides is 3. The number of hydrogen-bond donors (Lipinski definition) is 0. The number of esters is 1. The maximum Gasteiger partial charge on any atom is 0.416 e. The van der Waals surface area contributed by atoms with Gasteiger partial charge in [0.05, 0.1) is 11.1 Å². The van der Waals surface area contributed by atoms with Crippen molar-refractivity contribution >= 4 is 17.0 Å². The molecule has 2 aromatic carbocycles. The lowest BCUT2D eigenvalue weighted by Crippen LogP contribution is -2.10. The van der Waals surface area contributed by atoms with Crippen LogP contribution in [0.25, 0.3) is 11.0 Å². The van der Waals surface area contributed by atoms with Gasteiger partial charge in [0.2, 0.25) is 0 Å². The molecule has 0 unspecified atom stereocenters. The van der Waals surface area contributed by atoms with E-state index < -0.39 is 17.7 Å². The van der Waals surface area contributed by atoms with Gasteiger partial charge < -0.3 is 4.74 Å². The molecule has 0 aliphatic carbocycles. The third-order valence-corrected chi connectivity index (χ3v) is 2.86. The quantitative estimate of drug-likeness (QED) is 0.536. The number of benzene rings is 2. The Kier molecular flexibility index (Phi) is 3.28. The number of hydrogen-bond acceptors (Lipinski definition) is 5. The molecule has 0 aliphatic rings. The van der Waals surface area contributed by atoms with Crippen LogP contribution in [0.15, 0.2) is 47.1 Å². The molecule has 0 saturated carbocycles. The number of ether oxygens (including phenoxy) is 1. The van der Waals surface area contributed by atoms with Gasteiger partial charge >= 0.3 is 12.1 Å². The van der Waals surface area contributed by atoms with Gasteiger partial charge in [-0.2, -0.15) is 13.2 Å². The standard InChI is InChI=1S/C14H7F3N2O3/c15-14(16,17)9-2-1-3-10(7-9)21-13(20)8-4-5-11-12(6-8)19-22-18-11/h1-7H. The predicted octanol–water partition coefficient (Wildman–Crippen LogP) is 3.46. The maximum absolute atomic E-state index is 12.6. The van der Waals surface area contributed by atoms with E-state index in [9.17, 15) is 18.0 Å². The highest BCUT2D eigenvalue weighted by Crippen LogP contribution is 2.31. The second-order valence-corrected chi connectivity index (χ2v) is 4.38. The van der Waals surface area contributed by atoms with Crippen LogP contribution in [-0.4, -0.2) is 16.3 Å². The summed E-state index contributed by atoms with van der Waals surface area (Å²) in [5, 5.41) is 7.15. The molecule has 112 valence electrons. The van der Waals surface area contributed by atoms with E-state index >= 15 is 0 Å². The Morgan fingerprint density at radius 2 is 1.82 bits per heavy atom. The number of nitrogens with zero attached hydrogens (tertiary/aromatic N) is 2. The molecule has 3 aromatic rings. The van der Waals surface area contributed by atoms with Gasteiger partial charge in [-0.1, -0.05) is 6.07 Å². The monoisotopic (exact) mass is 308 g/mol. The predicted molar refractivity (Wildman–Crippen MR) is 68.2 cm³/mol. The molecule has 1 heterocycles. The van der Waals surface area contributed by atoms with Gasteiger partial charge in [-0.15, -0.1) is 0 Å². The molecule has 0 fully saturated rings. The number of aromatic nitrogens is 2. The van der Waals surface area contributed by atoms with E-state index in [1.54, 1.807) is 0 Å².